The molecule has 1 N–H and O–H groups in total. The number of nitrogens with one attached hydrogen (secondary N) is 1. The third-order valence-electron chi connectivity index (χ3n) is 3.86. The zero-order valence-electron chi connectivity index (χ0n) is 15.0. The quantitative estimate of drug-likeness (QED) is 0.769. The molecule has 0 aliphatic rings. The SMILES string of the molecule is COC(=O)c1ccc(OCC(=O)NC(c2ccc(F)cc2)C(C)C)cc1. The van der Waals surface area contributed by atoms with Crippen LogP contribution in [0.2, 0.25) is 0 Å². The van der Waals surface area contributed by atoms with Crippen LogP contribution in [0.1, 0.15) is 35.8 Å². The number of benzene rings is 2. The van der Waals surface area contributed by atoms with E-state index in [4.69, 9.17) is 4.74 Å². The highest BCUT2D eigenvalue weighted by atomic mass is 19.1. The summed E-state index contributed by atoms with van der Waals surface area (Å²) in [6.45, 7) is 3.78. The summed E-state index contributed by atoms with van der Waals surface area (Å²) in [5.74, 6) is -0.445. The third kappa shape index (κ3) is 5.31. The lowest BCUT2D eigenvalue weighted by molar-refractivity contribution is -0.124. The Morgan fingerprint density at radius 3 is 2.19 bits per heavy atom. The van der Waals surface area contributed by atoms with Gasteiger partial charge in [-0.2, -0.15) is 0 Å². The Labute approximate surface area is 152 Å². The lowest BCUT2D eigenvalue weighted by Crippen LogP contribution is -2.35. The average molecular weight is 359 g/mol. The molecule has 0 aliphatic heterocycles. The fraction of sp³-hybridized carbons (Fsp3) is 0.300. The van der Waals surface area contributed by atoms with E-state index in [1.165, 1.54) is 19.2 Å². The van der Waals surface area contributed by atoms with Gasteiger partial charge in [0.2, 0.25) is 0 Å². The Balaban J connectivity index is 1.94. The van der Waals surface area contributed by atoms with Crippen molar-refractivity contribution in [3.05, 3.63) is 65.5 Å². The number of halogens is 1. The van der Waals surface area contributed by atoms with Gasteiger partial charge in [0.25, 0.3) is 5.91 Å². The molecule has 0 saturated carbocycles. The molecular weight excluding hydrogens is 337 g/mol. The van der Waals surface area contributed by atoms with E-state index in [1.54, 1.807) is 36.4 Å². The van der Waals surface area contributed by atoms with Crippen LogP contribution in [-0.4, -0.2) is 25.6 Å². The van der Waals surface area contributed by atoms with Crippen LogP contribution in [0.3, 0.4) is 0 Å². The lowest BCUT2D eigenvalue weighted by Gasteiger charge is -2.23. The summed E-state index contributed by atoms with van der Waals surface area (Å²) in [4.78, 5) is 23.6. The number of ether oxygens (including phenoxy) is 2. The molecule has 0 heterocycles. The Bertz CT molecular complexity index is 741. The summed E-state index contributed by atoms with van der Waals surface area (Å²) in [5, 5.41) is 2.90. The zero-order valence-corrected chi connectivity index (χ0v) is 15.0. The smallest absolute Gasteiger partial charge is 0.337 e. The molecule has 1 atom stereocenters. The monoisotopic (exact) mass is 359 g/mol. The first-order valence-electron chi connectivity index (χ1n) is 8.26. The minimum atomic E-state index is -0.437. The molecule has 2 aromatic carbocycles. The standard InChI is InChI=1S/C20H22FNO4/c1-13(2)19(14-4-8-16(21)9-5-14)22-18(23)12-26-17-10-6-15(7-11-17)20(24)25-3/h4-11,13,19H,12H2,1-3H3,(H,22,23). The first-order valence-corrected chi connectivity index (χ1v) is 8.26. The summed E-state index contributed by atoms with van der Waals surface area (Å²) < 4.78 is 23.2. The fourth-order valence-corrected chi connectivity index (χ4v) is 2.47. The van der Waals surface area contributed by atoms with Crippen LogP contribution in [0, 0.1) is 11.7 Å². The van der Waals surface area contributed by atoms with Gasteiger partial charge in [-0.3, -0.25) is 4.79 Å². The van der Waals surface area contributed by atoms with Crippen LogP contribution in [-0.2, 0) is 9.53 Å². The first-order chi connectivity index (χ1) is 12.4. The summed E-state index contributed by atoms with van der Waals surface area (Å²) in [5.41, 5.74) is 1.23. The number of carbonyl (C=O) groups is 2. The molecule has 1 unspecified atom stereocenters. The summed E-state index contributed by atoms with van der Waals surface area (Å²) >= 11 is 0. The van der Waals surface area contributed by atoms with E-state index in [2.05, 4.69) is 10.1 Å². The van der Waals surface area contributed by atoms with Gasteiger partial charge < -0.3 is 14.8 Å². The molecule has 2 rings (SSSR count). The molecular formula is C20H22FNO4. The van der Waals surface area contributed by atoms with Crippen LogP contribution in [0.4, 0.5) is 4.39 Å². The minimum Gasteiger partial charge on any atom is -0.484 e. The van der Waals surface area contributed by atoms with Gasteiger partial charge in [0.15, 0.2) is 6.61 Å². The second-order valence-electron chi connectivity index (χ2n) is 6.15. The van der Waals surface area contributed by atoms with Gasteiger partial charge in [-0.15, -0.1) is 0 Å². The van der Waals surface area contributed by atoms with Crippen LogP contribution < -0.4 is 10.1 Å². The highest BCUT2D eigenvalue weighted by Crippen LogP contribution is 2.22. The molecule has 26 heavy (non-hydrogen) atoms. The van der Waals surface area contributed by atoms with Gasteiger partial charge in [0.05, 0.1) is 18.7 Å². The van der Waals surface area contributed by atoms with E-state index < -0.39 is 5.97 Å². The molecule has 2 aromatic rings. The second-order valence-corrected chi connectivity index (χ2v) is 6.15. The topological polar surface area (TPSA) is 64.6 Å². The summed E-state index contributed by atoms with van der Waals surface area (Å²) in [6.07, 6.45) is 0. The van der Waals surface area contributed by atoms with E-state index in [1.807, 2.05) is 13.8 Å². The molecule has 138 valence electrons. The van der Waals surface area contributed by atoms with Gasteiger partial charge in [-0.1, -0.05) is 26.0 Å². The number of amides is 1. The largest absolute Gasteiger partial charge is 0.484 e. The average Bonchev–Trinajstić information content (AvgIpc) is 2.65. The number of hydrogen-bond donors (Lipinski definition) is 1. The van der Waals surface area contributed by atoms with Crippen molar-refractivity contribution in [2.45, 2.75) is 19.9 Å². The summed E-state index contributed by atoms with van der Waals surface area (Å²) in [7, 11) is 1.31. The zero-order chi connectivity index (χ0) is 19.1. The lowest BCUT2D eigenvalue weighted by atomic mass is 9.96. The highest BCUT2D eigenvalue weighted by molar-refractivity contribution is 5.89. The molecule has 0 aliphatic carbocycles. The van der Waals surface area contributed by atoms with Crippen molar-refractivity contribution in [1.29, 1.82) is 0 Å². The maximum absolute atomic E-state index is 13.1. The van der Waals surface area contributed by atoms with E-state index in [0.29, 0.717) is 11.3 Å². The molecule has 0 spiro atoms. The van der Waals surface area contributed by atoms with Crippen molar-refractivity contribution in [2.24, 2.45) is 5.92 Å². The van der Waals surface area contributed by atoms with Gasteiger partial charge >= 0.3 is 5.97 Å². The van der Waals surface area contributed by atoms with E-state index in [9.17, 15) is 14.0 Å². The van der Waals surface area contributed by atoms with Crippen molar-refractivity contribution in [3.63, 3.8) is 0 Å². The maximum Gasteiger partial charge on any atom is 0.337 e. The van der Waals surface area contributed by atoms with Gasteiger partial charge in [-0.05, 0) is 47.9 Å². The number of rotatable bonds is 7. The van der Waals surface area contributed by atoms with E-state index in [0.717, 1.165) is 5.56 Å². The van der Waals surface area contributed by atoms with Crippen molar-refractivity contribution in [3.8, 4) is 5.75 Å². The van der Waals surface area contributed by atoms with E-state index >= 15 is 0 Å². The second kappa shape index (κ2) is 8.99. The Morgan fingerprint density at radius 2 is 1.65 bits per heavy atom. The van der Waals surface area contributed by atoms with Gasteiger partial charge in [-0.25, -0.2) is 9.18 Å². The molecule has 0 radical (unpaired) electrons. The highest BCUT2D eigenvalue weighted by Gasteiger charge is 2.18. The Hall–Kier alpha value is -2.89. The third-order valence-corrected chi connectivity index (χ3v) is 3.86. The Morgan fingerprint density at radius 1 is 1.04 bits per heavy atom. The molecule has 0 aromatic heterocycles. The van der Waals surface area contributed by atoms with Gasteiger partial charge in [0.1, 0.15) is 11.6 Å². The molecule has 0 bridgehead atoms. The van der Waals surface area contributed by atoms with Crippen LogP contribution in [0.5, 0.6) is 5.75 Å². The molecule has 6 heteroatoms. The minimum absolute atomic E-state index is 0.128. The van der Waals surface area contributed by atoms with Crippen molar-refractivity contribution < 1.29 is 23.5 Å². The number of esters is 1. The van der Waals surface area contributed by atoms with Gasteiger partial charge in [0, 0.05) is 0 Å². The number of hydrogen-bond acceptors (Lipinski definition) is 4. The van der Waals surface area contributed by atoms with Crippen molar-refractivity contribution in [1.82, 2.24) is 5.32 Å². The number of methoxy groups -OCH3 is 1. The van der Waals surface area contributed by atoms with Crippen LogP contribution >= 0.6 is 0 Å². The molecule has 1 amide bonds. The predicted molar refractivity (Wildman–Crippen MR) is 95.4 cm³/mol. The normalized spacial score (nSPS) is 11.7. The van der Waals surface area contributed by atoms with Crippen molar-refractivity contribution >= 4 is 11.9 Å². The van der Waals surface area contributed by atoms with Crippen LogP contribution in [0.15, 0.2) is 48.5 Å². The van der Waals surface area contributed by atoms with Crippen molar-refractivity contribution in [2.75, 3.05) is 13.7 Å². The summed E-state index contributed by atoms with van der Waals surface area (Å²) in [6, 6.07) is 12.1. The maximum atomic E-state index is 13.1. The predicted octanol–water partition coefficient (Wildman–Crippen LogP) is 3.50. The van der Waals surface area contributed by atoms with E-state index in [-0.39, 0.29) is 30.3 Å². The fourth-order valence-electron chi connectivity index (χ4n) is 2.47. The first kappa shape index (κ1) is 19.4. The number of carbonyl (C=O) groups excluding carboxylic acids is 2. The Kier molecular flexibility index (Phi) is 6.72. The molecule has 0 saturated heterocycles. The molecule has 5 nitrogen and oxygen atoms in total. The van der Waals surface area contributed by atoms with Crippen LogP contribution in [0.25, 0.3) is 0 Å². The molecule has 0 fully saturated rings.